The fraction of sp³-hybridized carbons (Fsp3) is 0.300. The number of benzene rings is 2. The van der Waals surface area contributed by atoms with Gasteiger partial charge >= 0.3 is 6.43 Å². The Hall–Kier alpha value is -2.88. The van der Waals surface area contributed by atoms with Gasteiger partial charge in [-0.05, 0) is 30.7 Å². The maximum absolute atomic E-state index is 14.8. The van der Waals surface area contributed by atoms with E-state index in [9.17, 15) is 21.6 Å². The number of nitrogens with zero attached hydrogens (tertiary/aromatic N) is 3. The van der Waals surface area contributed by atoms with Crippen LogP contribution in [0.15, 0.2) is 52.9 Å². The molecule has 0 spiro atoms. The highest BCUT2D eigenvalue weighted by Crippen LogP contribution is 2.27. The molecule has 10 heteroatoms. The molecule has 3 rings (SSSR count). The van der Waals surface area contributed by atoms with Crippen molar-refractivity contribution < 1.29 is 26.0 Å². The van der Waals surface area contributed by atoms with Crippen molar-refractivity contribution in [3.63, 3.8) is 0 Å². The molecular weight excluding hydrogens is 419 g/mol. The highest BCUT2D eigenvalue weighted by Gasteiger charge is 2.24. The van der Waals surface area contributed by atoms with E-state index in [2.05, 4.69) is 10.2 Å². The standard InChI is InChI=1S/C20H20F3N3O3S/c1-2-3-11-30(27,28)26(16-7-5-4-6-8-16)13-15-10-9-14(12-17(15)21)19-24-25-20(29-19)18(22)23/h4-10,12,18H,2-3,11,13H2,1H3. The van der Waals surface area contributed by atoms with E-state index in [0.717, 1.165) is 6.07 Å². The van der Waals surface area contributed by atoms with Crippen molar-refractivity contribution in [2.75, 3.05) is 10.1 Å². The summed E-state index contributed by atoms with van der Waals surface area (Å²) in [4.78, 5) is 0. The summed E-state index contributed by atoms with van der Waals surface area (Å²) in [5.41, 5.74) is 0.669. The normalized spacial score (nSPS) is 11.8. The van der Waals surface area contributed by atoms with Gasteiger partial charge in [0.15, 0.2) is 0 Å². The quantitative estimate of drug-likeness (QED) is 0.472. The van der Waals surface area contributed by atoms with Gasteiger partial charge in [-0.3, -0.25) is 4.31 Å². The molecule has 0 unspecified atom stereocenters. The highest BCUT2D eigenvalue weighted by atomic mass is 32.2. The van der Waals surface area contributed by atoms with E-state index in [1.165, 1.54) is 16.4 Å². The van der Waals surface area contributed by atoms with Gasteiger partial charge in [0, 0.05) is 11.1 Å². The predicted octanol–water partition coefficient (Wildman–Crippen LogP) is 4.95. The molecule has 0 N–H and O–H groups in total. The maximum Gasteiger partial charge on any atom is 0.314 e. The van der Waals surface area contributed by atoms with Crippen molar-refractivity contribution in [2.45, 2.75) is 32.7 Å². The van der Waals surface area contributed by atoms with E-state index in [1.54, 1.807) is 30.3 Å². The Balaban J connectivity index is 1.91. The molecule has 6 nitrogen and oxygen atoms in total. The van der Waals surface area contributed by atoms with Gasteiger partial charge in [-0.15, -0.1) is 10.2 Å². The number of hydrogen-bond acceptors (Lipinski definition) is 5. The van der Waals surface area contributed by atoms with E-state index in [0.29, 0.717) is 18.5 Å². The second kappa shape index (κ2) is 9.29. The average molecular weight is 439 g/mol. The highest BCUT2D eigenvalue weighted by molar-refractivity contribution is 7.92. The zero-order valence-corrected chi connectivity index (χ0v) is 16.9. The molecule has 0 saturated heterocycles. The smallest absolute Gasteiger partial charge is 0.314 e. The second-order valence-electron chi connectivity index (χ2n) is 6.56. The Morgan fingerprint density at radius 2 is 1.83 bits per heavy atom. The minimum Gasteiger partial charge on any atom is -0.415 e. The summed E-state index contributed by atoms with van der Waals surface area (Å²) in [5, 5.41) is 6.71. The fourth-order valence-electron chi connectivity index (χ4n) is 2.78. The minimum atomic E-state index is -3.68. The molecule has 0 bridgehead atoms. The van der Waals surface area contributed by atoms with E-state index >= 15 is 0 Å². The number of anilines is 1. The summed E-state index contributed by atoms with van der Waals surface area (Å²) in [6.45, 7) is 1.67. The first kappa shape index (κ1) is 21.8. The Morgan fingerprint density at radius 1 is 1.10 bits per heavy atom. The van der Waals surface area contributed by atoms with Gasteiger partial charge in [-0.25, -0.2) is 12.8 Å². The predicted molar refractivity (Wildman–Crippen MR) is 106 cm³/mol. The molecule has 0 saturated carbocycles. The van der Waals surface area contributed by atoms with Gasteiger partial charge in [0.25, 0.3) is 5.89 Å². The first-order valence-corrected chi connectivity index (χ1v) is 10.9. The van der Waals surface area contributed by atoms with Gasteiger partial charge in [-0.2, -0.15) is 8.78 Å². The van der Waals surface area contributed by atoms with Gasteiger partial charge in [0.1, 0.15) is 5.82 Å². The van der Waals surface area contributed by atoms with E-state index in [1.807, 2.05) is 6.92 Å². The lowest BCUT2D eigenvalue weighted by Gasteiger charge is -2.25. The van der Waals surface area contributed by atoms with Crippen molar-refractivity contribution in [1.82, 2.24) is 10.2 Å². The molecule has 1 heterocycles. The Bertz CT molecular complexity index is 1090. The molecule has 0 amide bonds. The topological polar surface area (TPSA) is 76.3 Å². The van der Waals surface area contributed by atoms with Gasteiger partial charge < -0.3 is 4.42 Å². The third-order valence-electron chi connectivity index (χ3n) is 4.38. The number of halogens is 3. The van der Waals surface area contributed by atoms with Crippen LogP contribution in [0.25, 0.3) is 11.5 Å². The van der Waals surface area contributed by atoms with Crippen molar-refractivity contribution >= 4 is 15.7 Å². The molecular formula is C20H20F3N3O3S. The SMILES string of the molecule is CCCCS(=O)(=O)N(Cc1ccc(-c2nnc(C(F)F)o2)cc1F)c1ccccc1. The number of unbranched alkanes of at least 4 members (excludes halogenated alkanes) is 1. The Morgan fingerprint density at radius 3 is 2.43 bits per heavy atom. The zero-order valence-electron chi connectivity index (χ0n) is 16.1. The largest absolute Gasteiger partial charge is 0.415 e. The molecule has 2 aromatic carbocycles. The molecule has 1 aromatic heterocycles. The summed E-state index contributed by atoms with van der Waals surface area (Å²) in [7, 11) is -3.68. The molecule has 0 aliphatic carbocycles. The van der Waals surface area contributed by atoms with Crippen LogP contribution in [-0.4, -0.2) is 24.4 Å². The van der Waals surface area contributed by atoms with Crippen LogP contribution >= 0.6 is 0 Å². The fourth-order valence-corrected chi connectivity index (χ4v) is 4.44. The molecule has 30 heavy (non-hydrogen) atoms. The summed E-state index contributed by atoms with van der Waals surface area (Å²) in [5.74, 6) is -1.87. The number of rotatable bonds is 9. The third-order valence-corrected chi connectivity index (χ3v) is 6.19. The second-order valence-corrected chi connectivity index (χ2v) is 8.58. The van der Waals surface area contributed by atoms with Crippen LogP contribution in [0, 0.1) is 5.82 Å². The lowest BCUT2D eigenvalue weighted by Crippen LogP contribution is -2.33. The average Bonchev–Trinajstić information content (AvgIpc) is 3.22. The van der Waals surface area contributed by atoms with Crippen LogP contribution in [0.3, 0.4) is 0 Å². The van der Waals surface area contributed by atoms with Crippen molar-refractivity contribution in [2.24, 2.45) is 0 Å². The third kappa shape index (κ3) is 4.99. The summed E-state index contributed by atoms with van der Waals surface area (Å²) in [6, 6.07) is 12.3. The molecule has 0 aliphatic heterocycles. The number of aromatic nitrogens is 2. The number of sulfonamides is 1. The molecule has 0 atom stereocenters. The van der Waals surface area contributed by atoms with Crippen LogP contribution in [0.5, 0.6) is 0 Å². The molecule has 3 aromatic rings. The lowest BCUT2D eigenvalue weighted by atomic mass is 10.1. The van der Waals surface area contributed by atoms with Crippen molar-refractivity contribution in [3.05, 3.63) is 65.8 Å². The van der Waals surface area contributed by atoms with E-state index in [-0.39, 0.29) is 29.3 Å². The monoisotopic (exact) mass is 439 g/mol. The minimum absolute atomic E-state index is 0.0590. The van der Waals surface area contributed by atoms with E-state index < -0.39 is 28.2 Å². The number of hydrogen-bond donors (Lipinski definition) is 0. The summed E-state index contributed by atoms with van der Waals surface area (Å²) in [6.07, 6.45) is -1.74. The van der Waals surface area contributed by atoms with Gasteiger partial charge in [-0.1, -0.05) is 37.6 Å². The molecule has 160 valence electrons. The lowest BCUT2D eigenvalue weighted by molar-refractivity contribution is 0.116. The molecule has 0 radical (unpaired) electrons. The van der Waals surface area contributed by atoms with Crippen molar-refractivity contribution in [3.8, 4) is 11.5 Å². The molecule has 0 aliphatic rings. The van der Waals surface area contributed by atoms with Crippen LogP contribution in [0.4, 0.5) is 18.9 Å². The van der Waals surface area contributed by atoms with Crippen molar-refractivity contribution in [1.29, 1.82) is 0 Å². The maximum atomic E-state index is 14.8. The summed E-state index contributed by atoms with van der Waals surface area (Å²) < 4.78 is 71.7. The Labute approximate surface area is 172 Å². The van der Waals surface area contributed by atoms with Gasteiger partial charge in [0.05, 0.1) is 18.0 Å². The first-order valence-electron chi connectivity index (χ1n) is 9.27. The van der Waals surface area contributed by atoms with Crippen LogP contribution < -0.4 is 4.31 Å². The van der Waals surface area contributed by atoms with Crippen LogP contribution in [-0.2, 0) is 16.6 Å². The molecule has 0 fully saturated rings. The van der Waals surface area contributed by atoms with Crippen LogP contribution in [0.1, 0.15) is 37.6 Å². The van der Waals surface area contributed by atoms with E-state index in [4.69, 9.17) is 4.42 Å². The van der Waals surface area contributed by atoms with Crippen LogP contribution in [0.2, 0.25) is 0 Å². The van der Waals surface area contributed by atoms with Gasteiger partial charge in [0.2, 0.25) is 15.9 Å². The summed E-state index contributed by atoms with van der Waals surface area (Å²) >= 11 is 0. The Kier molecular flexibility index (Phi) is 6.76. The number of alkyl halides is 2. The number of para-hydroxylation sites is 1. The zero-order chi connectivity index (χ0) is 21.7. The first-order chi connectivity index (χ1) is 14.3.